The fraction of sp³-hybridized carbons (Fsp3) is 0.857. The second-order valence-electron chi connectivity index (χ2n) is 5.76. The zero-order valence-electron chi connectivity index (χ0n) is 12.2. The Bertz CT molecular complexity index is 315. The molecule has 1 unspecified atom stereocenters. The number of thiol groups is 1. The van der Waals surface area contributed by atoms with Gasteiger partial charge in [-0.3, -0.25) is 9.59 Å². The Balaban J connectivity index is 2.76. The van der Waals surface area contributed by atoms with Crippen molar-refractivity contribution < 1.29 is 9.59 Å². The summed E-state index contributed by atoms with van der Waals surface area (Å²) in [6, 6.07) is -0.161. The van der Waals surface area contributed by atoms with E-state index in [9.17, 15) is 9.59 Å². The van der Waals surface area contributed by atoms with Gasteiger partial charge in [-0.2, -0.15) is 12.6 Å². The summed E-state index contributed by atoms with van der Waals surface area (Å²) in [5.41, 5.74) is 0. The van der Waals surface area contributed by atoms with Crippen LogP contribution in [0.25, 0.3) is 0 Å². The van der Waals surface area contributed by atoms with E-state index < -0.39 is 6.04 Å². The molecule has 19 heavy (non-hydrogen) atoms. The Hall–Kier alpha value is -0.710. The molecular weight excluding hydrogens is 260 g/mol. The molecule has 1 fully saturated rings. The van der Waals surface area contributed by atoms with Gasteiger partial charge in [-0.05, 0) is 18.8 Å². The molecule has 0 spiro atoms. The Kier molecular flexibility index (Phi) is 6.69. The van der Waals surface area contributed by atoms with E-state index in [1.165, 1.54) is 19.8 Å². The first-order valence-electron chi connectivity index (χ1n) is 7.14. The summed E-state index contributed by atoms with van der Waals surface area (Å²) >= 11 is 4.20. The van der Waals surface area contributed by atoms with Gasteiger partial charge in [0.25, 0.3) is 0 Å². The topological polar surface area (TPSA) is 49.4 Å². The van der Waals surface area contributed by atoms with Gasteiger partial charge < -0.3 is 10.2 Å². The average molecular weight is 286 g/mol. The molecule has 1 atom stereocenters. The van der Waals surface area contributed by atoms with Crippen LogP contribution >= 0.6 is 12.6 Å². The van der Waals surface area contributed by atoms with Gasteiger partial charge in [0.15, 0.2) is 0 Å². The van der Waals surface area contributed by atoms with E-state index >= 15 is 0 Å². The molecular formula is C14H26N2O2S. The van der Waals surface area contributed by atoms with Crippen molar-refractivity contribution in [2.24, 2.45) is 5.92 Å². The van der Waals surface area contributed by atoms with Gasteiger partial charge in [-0.15, -0.1) is 0 Å². The summed E-state index contributed by atoms with van der Waals surface area (Å²) in [5, 5.41) is 2.70. The van der Waals surface area contributed by atoms with Gasteiger partial charge in [-0.1, -0.05) is 26.7 Å². The van der Waals surface area contributed by atoms with Crippen molar-refractivity contribution in [1.82, 2.24) is 10.2 Å². The van der Waals surface area contributed by atoms with Crippen LogP contribution in [-0.2, 0) is 9.59 Å². The molecule has 0 aromatic carbocycles. The predicted molar refractivity (Wildman–Crippen MR) is 80.3 cm³/mol. The number of carbonyl (C=O) groups is 2. The van der Waals surface area contributed by atoms with Gasteiger partial charge >= 0.3 is 0 Å². The Morgan fingerprint density at radius 1 is 1.32 bits per heavy atom. The Morgan fingerprint density at radius 2 is 1.89 bits per heavy atom. The normalized spacial score (nSPS) is 17.5. The molecule has 0 radical (unpaired) electrons. The molecule has 1 N–H and O–H groups in total. The molecule has 1 aliphatic rings. The van der Waals surface area contributed by atoms with E-state index in [-0.39, 0.29) is 11.8 Å². The third-order valence-electron chi connectivity index (χ3n) is 3.47. The lowest BCUT2D eigenvalue weighted by molar-refractivity contribution is -0.138. The maximum absolute atomic E-state index is 12.6. The minimum Gasteiger partial charge on any atom is -0.344 e. The highest BCUT2D eigenvalue weighted by molar-refractivity contribution is 7.80. The van der Waals surface area contributed by atoms with Crippen LogP contribution in [0, 0.1) is 5.92 Å². The second-order valence-corrected chi connectivity index (χ2v) is 6.12. The Labute approximate surface area is 121 Å². The molecule has 1 rings (SSSR count). The average Bonchev–Trinajstić information content (AvgIpc) is 2.85. The summed E-state index contributed by atoms with van der Waals surface area (Å²) < 4.78 is 0. The van der Waals surface area contributed by atoms with Crippen LogP contribution in [0.1, 0.15) is 46.5 Å². The van der Waals surface area contributed by atoms with E-state index in [0.29, 0.717) is 17.7 Å². The monoisotopic (exact) mass is 286 g/mol. The van der Waals surface area contributed by atoms with Gasteiger partial charge in [0, 0.05) is 25.3 Å². The van der Waals surface area contributed by atoms with Crippen LogP contribution in [0.5, 0.6) is 0 Å². The number of nitrogens with zero attached hydrogens (tertiary/aromatic N) is 1. The van der Waals surface area contributed by atoms with Crippen molar-refractivity contribution in [2.75, 3.05) is 12.3 Å². The minimum atomic E-state index is -0.500. The van der Waals surface area contributed by atoms with Gasteiger partial charge in [-0.25, -0.2) is 0 Å². The fourth-order valence-corrected chi connectivity index (χ4v) is 2.91. The summed E-state index contributed by atoms with van der Waals surface area (Å²) in [5.74, 6) is 0.622. The highest BCUT2D eigenvalue weighted by atomic mass is 32.1. The van der Waals surface area contributed by atoms with Crippen molar-refractivity contribution in [3.8, 4) is 0 Å². The number of hydrogen-bond acceptors (Lipinski definition) is 3. The molecule has 0 aliphatic heterocycles. The number of rotatable bonds is 6. The number of hydrogen-bond donors (Lipinski definition) is 2. The minimum absolute atomic E-state index is 0.0193. The lowest BCUT2D eigenvalue weighted by Gasteiger charge is -2.33. The van der Waals surface area contributed by atoms with Crippen LogP contribution in [0.2, 0.25) is 0 Å². The van der Waals surface area contributed by atoms with Gasteiger partial charge in [0.05, 0.1) is 0 Å². The van der Waals surface area contributed by atoms with Gasteiger partial charge in [0.2, 0.25) is 11.8 Å². The lowest BCUT2D eigenvalue weighted by Crippen LogP contribution is -2.52. The van der Waals surface area contributed by atoms with Gasteiger partial charge in [0.1, 0.15) is 6.04 Å². The summed E-state index contributed by atoms with van der Waals surface area (Å²) in [4.78, 5) is 25.7. The first kappa shape index (κ1) is 16.3. The molecule has 5 heteroatoms. The molecule has 0 aromatic heterocycles. The van der Waals surface area contributed by atoms with E-state index in [1.54, 1.807) is 0 Å². The van der Waals surface area contributed by atoms with Crippen molar-refractivity contribution in [3.05, 3.63) is 0 Å². The molecule has 0 heterocycles. The smallest absolute Gasteiger partial charge is 0.246 e. The molecule has 1 saturated carbocycles. The highest BCUT2D eigenvalue weighted by Crippen LogP contribution is 2.25. The van der Waals surface area contributed by atoms with E-state index in [4.69, 9.17) is 0 Å². The van der Waals surface area contributed by atoms with Crippen molar-refractivity contribution >= 4 is 24.4 Å². The molecule has 1 aliphatic carbocycles. The quantitative estimate of drug-likeness (QED) is 0.732. The third-order valence-corrected chi connectivity index (χ3v) is 3.83. The molecule has 0 aromatic rings. The SMILES string of the molecule is CC(=O)NC(CS)C(=O)N(CC(C)C)C1CCCC1. The Morgan fingerprint density at radius 3 is 2.32 bits per heavy atom. The van der Waals surface area contributed by atoms with E-state index in [0.717, 1.165) is 19.4 Å². The predicted octanol–water partition coefficient (Wildman–Crippen LogP) is 1.85. The molecule has 4 nitrogen and oxygen atoms in total. The molecule has 0 bridgehead atoms. The van der Waals surface area contributed by atoms with Crippen LogP contribution < -0.4 is 5.32 Å². The van der Waals surface area contributed by atoms with Crippen LogP contribution in [0.3, 0.4) is 0 Å². The standard InChI is InChI=1S/C14H26N2O2S/c1-10(2)8-16(12-6-4-5-7-12)14(18)13(9-19)15-11(3)17/h10,12-13,19H,4-9H2,1-3H3,(H,15,17). The maximum atomic E-state index is 12.6. The zero-order valence-corrected chi connectivity index (χ0v) is 13.1. The highest BCUT2D eigenvalue weighted by Gasteiger charge is 2.31. The lowest BCUT2D eigenvalue weighted by atomic mass is 10.1. The van der Waals surface area contributed by atoms with Crippen LogP contribution in [0.4, 0.5) is 0 Å². The van der Waals surface area contributed by atoms with E-state index in [1.807, 2.05) is 4.90 Å². The second kappa shape index (κ2) is 7.78. The molecule has 2 amide bonds. The fourth-order valence-electron chi connectivity index (χ4n) is 2.66. The molecule has 110 valence electrons. The number of carbonyl (C=O) groups excluding carboxylic acids is 2. The summed E-state index contributed by atoms with van der Waals surface area (Å²) in [6.45, 7) is 6.42. The summed E-state index contributed by atoms with van der Waals surface area (Å²) in [6.07, 6.45) is 4.55. The van der Waals surface area contributed by atoms with Crippen LogP contribution in [-0.4, -0.2) is 41.1 Å². The molecule has 0 saturated heterocycles. The largest absolute Gasteiger partial charge is 0.344 e. The van der Waals surface area contributed by atoms with Crippen molar-refractivity contribution in [2.45, 2.75) is 58.5 Å². The van der Waals surface area contributed by atoms with Crippen molar-refractivity contribution in [1.29, 1.82) is 0 Å². The van der Waals surface area contributed by atoms with Crippen LogP contribution in [0.15, 0.2) is 0 Å². The van der Waals surface area contributed by atoms with Crippen molar-refractivity contribution in [3.63, 3.8) is 0 Å². The first-order valence-corrected chi connectivity index (χ1v) is 7.77. The third kappa shape index (κ3) is 5.05. The van der Waals surface area contributed by atoms with E-state index in [2.05, 4.69) is 31.8 Å². The first-order chi connectivity index (χ1) is 8.95. The summed E-state index contributed by atoms with van der Waals surface area (Å²) in [7, 11) is 0. The number of nitrogens with one attached hydrogen (secondary N) is 1. The zero-order chi connectivity index (χ0) is 14.4. The maximum Gasteiger partial charge on any atom is 0.246 e. The number of amides is 2.